The smallest absolute Gasteiger partial charge is 0.169 e. The fourth-order valence-corrected chi connectivity index (χ4v) is 2.88. The topological polar surface area (TPSA) is 56.0 Å². The highest BCUT2D eigenvalue weighted by molar-refractivity contribution is 7.09. The zero-order valence-corrected chi connectivity index (χ0v) is 13.3. The predicted octanol–water partition coefficient (Wildman–Crippen LogP) is 4.10. The van der Waals surface area contributed by atoms with Gasteiger partial charge in [0.1, 0.15) is 5.01 Å². The van der Waals surface area contributed by atoms with Crippen LogP contribution < -0.4 is 5.73 Å². The van der Waals surface area contributed by atoms with Crippen molar-refractivity contribution in [3.05, 3.63) is 44.9 Å². The second kappa shape index (κ2) is 5.54. The molecule has 0 aliphatic heterocycles. The van der Waals surface area contributed by atoms with Crippen molar-refractivity contribution < 1.29 is 4.79 Å². The number of benzene rings is 1. The fraction of sp³-hybridized carbons (Fsp3) is 0.333. The summed E-state index contributed by atoms with van der Waals surface area (Å²) >= 11 is 7.45. The normalized spacial score (nSPS) is 11.6. The molecule has 1 aromatic carbocycles. The molecule has 0 aliphatic carbocycles. The second-order valence-electron chi connectivity index (χ2n) is 5.71. The minimum atomic E-state index is 0.00158. The standard InChI is InChI=1S/C15H17ClN2OS/c1-15(2,3)13-8-20-14(18-13)7-12(19)9-4-5-11(17)10(16)6-9/h4-6,8H,7,17H2,1-3H3. The van der Waals surface area contributed by atoms with Crippen molar-refractivity contribution >= 4 is 34.4 Å². The van der Waals surface area contributed by atoms with Gasteiger partial charge in [-0.25, -0.2) is 4.98 Å². The van der Waals surface area contributed by atoms with E-state index in [-0.39, 0.29) is 11.2 Å². The first-order valence-corrected chi connectivity index (χ1v) is 7.56. The molecule has 0 bridgehead atoms. The fourth-order valence-electron chi connectivity index (χ4n) is 1.68. The number of nitrogen functional groups attached to an aromatic ring is 1. The lowest BCUT2D eigenvalue weighted by molar-refractivity contribution is 0.0993. The molecule has 0 atom stereocenters. The van der Waals surface area contributed by atoms with Gasteiger partial charge in [0, 0.05) is 16.4 Å². The van der Waals surface area contributed by atoms with Gasteiger partial charge < -0.3 is 5.73 Å². The van der Waals surface area contributed by atoms with Gasteiger partial charge in [-0.1, -0.05) is 32.4 Å². The zero-order valence-electron chi connectivity index (χ0n) is 11.7. The molecule has 0 saturated heterocycles. The monoisotopic (exact) mass is 308 g/mol. The van der Waals surface area contributed by atoms with Gasteiger partial charge in [-0.15, -0.1) is 11.3 Å². The highest BCUT2D eigenvalue weighted by Gasteiger charge is 2.18. The SMILES string of the molecule is CC(C)(C)c1csc(CC(=O)c2ccc(N)c(Cl)c2)n1. The maximum Gasteiger partial charge on any atom is 0.169 e. The number of hydrogen-bond donors (Lipinski definition) is 1. The third-order valence-electron chi connectivity index (χ3n) is 2.95. The van der Waals surface area contributed by atoms with E-state index in [1.165, 1.54) is 11.3 Å². The Balaban J connectivity index is 2.15. The summed E-state index contributed by atoms with van der Waals surface area (Å²) in [7, 11) is 0. The molecule has 2 N–H and O–H groups in total. The molecule has 0 saturated carbocycles. The van der Waals surface area contributed by atoms with Crippen molar-refractivity contribution in [3.63, 3.8) is 0 Å². The summed E-state index contributed by atoms with van der Waals surface area (Å²) in [6, 6.07) is 4.96. The molecule has 1 heterocycles. The van der Waals surface area contributed by atoms with Crippen molar-refractivity contribution in [1.82, 2.24) is 4.98 Å². The molecule has 2 rings (SSSR count). The number of carbonyl (C=O) groups excluding carboxylic acids is 1. The maximum absolute atomic E-state index is 12.2. The van der Waals surface area contributed by atoms with Crippen LogP contribution in [0.4, 0.5) is 5.69 Å². The van der Waals surface area contributed by atoms with E-state index < -0.39 is 0 Å². The first-order chi connectivity index (χ1) is 9.27. The Morgan fingerprint density at radius 3 is 2.65 bits per heavy atom. The lowest BCUT2D eigenvalue weighted by atomic mass is 9.93. The van der Waals surface area contributed by atoms with Crippen LogP contribution in [0.3, 0.4) is 0 Å². The van der Waals surface area contributed by atoms with Crippen molar-refractivity contribution in [3.8, 4) is 0 Å². The molecule has 0 fully saturated rings. The number of nitrogens with two attached hydrogens (primary N) is 1. The summed E-state index contributed by atoms with van der Waals surface area (Å²) in [6.07, 6.45) is 0.293. The van der Waals surface area contributed by atoms with Crippen LogP contribution in [-0.2, 0) is 11.8 Å². The van der Waals surface area contributed by atoms with Gasteiger partial charge >= 0.3 is 0 Å². The number of carbonyl (C=O) groups is 1. The zero-order chi connectivity index (χ0) is 14.9. The lowest BCUT2D eigenvalue weighted by Gasteiger charge is -2.14. The van der Waals surface area contributed by atoms with E-state index >= 15 is 0 Å². The molecular weight excluding hydrogens is 292 g/mol. The minimum absolute atomic E-state index is 0.00158. The number of hydrogen-bond acceptors (Lipinski definition) is 4. The van der Waals surface area contributed by atoms with Crippen LogP contribution in [0, 0.1) is 0 Å². The Morgan fingerprint density at radius 1 is 1.40 bits per heavy atom. The van der Waals surface area contributed by atoms with Gasteiger partial charge in [0.05, 0.1) is 22.8 Å². The summed E-state index contributed by atoms with van der Waals surface area (Å²) < 4.78 is 0. The third-order valence-corrected chi connectivity index (χ3v) is 4.13. The van der Waals surface area contributed by atoms with E-state index in [9.17, 15) is 4.79 Å². The molecule has 1 aromatic heterocycles. The van der Waals surface area contributed by atoms with Crippen LogP contribution in [0.5, 0.6) is 0 Å². The third kappa shape index (κ3) is 3.38. The highest BCUT2D eigenvalue weighted by atomic mass is 35.5. The summed E-state index contributed by atoms with van der Waals surface area (Å²) in [5.74, 6) is 0.00158. The Hall–Kier alpha value is -1.39. The molecule has 0 amide bonds. The average molecular weight is 309 g/mol. The molecule has 106 valence electrons. The Bertz CT molecular complexity index is 644. The van der Waals surface area contributed by atoms with Crippen molar-refractivity contribution in [2.24, 2.45) is 0 Å². The number of thiazole rings is 1. The van der Waals surface area contributed by atoms with Crippen LogP contribution in [0.2, 0.25) is 5.02 Å². The van der Waals surface area contributed by atoms with Gasteiger partial charge in [0.25, 0.3) is 0 Å². The van der Waals surface area contributed by atoms with E-state index in [1.807, 2.05) is 5.38 Å². The van der Waals surface area contributed by atoms with Gasteiger partial charge in [-0.05, 0) is 18.2 Å². The van der Waals surface area contributed by atoms with Crippen LogP contribution in [0.15, 0.2) is 23.6 Å². The van der Waals surface area contributed by atoms with Crippen molar-refractivity contribution in [2.75, 3.05) is 5.73 Å². The van der Waals surface area contributed by atoms with Gasteiger partial charge in [-0.2, -0.15) is 0 Å². The Morgan fingerprint density at radius 2 is 2.10 bits per heavy atom. The predicted molar refractivity (Wildman–Crippen MR) is 84.7 cm³/mol. The molecule has 3 nitrogen and oxygen atoms in total. The first-order valence-electron chi connectivity index (χ1n) is 6.30. The van der Waals surface area contributed by atoms with E-state index in [0.717, 1.165) is 10.7 Å². The number of halogens is 1. The minimum Gasteiger partial charge on any atom is -0.398 e. The van der Waals surface area contributed by atoms with Crippen molar-refractivity contribution in [1.29, 1.82) is 0 Å². The van der Waals surface area contributed by atoms with E-state index in [2.05, 4.69) is 25.8 Å². The molecular formula is C15H17ClN2OS. The Labute approximate surface area is 127 Å². The number of nitrogens with zero attached hydrogens (tertiary/aromatic N) is 1. The van der Waals surface area contributed by atoms with Gasteiger partial charge in [0.2, 0.25) is 0 Å². The summed E-state index contributed by atoms with van der Waals surface area (Å²) in [5, 5.41) is 3.25. The lowest BCUT2D eigenvalue weighted by Crippen LogP contribution is -2.12. The largest absolute Gasteiger partial charge is 0.398 e. The molecule has 2 aromatic rings. The van der Waals surface area contributed by atoms with Crippen LogP contribution >= 0.6 is 22.9 Å². The van der Waals surface area contributed by atoms with Gasteiger partial charge in [0.15, 0.2) is 5.78 Å². The van der Waals surface area contributed by atoms with Crippen molar-refractivity contribution in [2.45, 2.75) is 32.6 Å². The van der Waals surface area contributed by atoms with E-state index in [0.29, 0.717) is 22.7 Å². The summed E-state index contributed by atoms with van der Waals surface area (Å²) in [4.78, 5) is 16.7. The molecule has 5 heteroatoms. The maximum atomic E-state index is 12.2. The number of anilines is 1. The molecule has 0 spiro atoms. The molecule has 20 heavy (non-hydrogen) atoms. The highest BCUT2D eigenvalue weighted by Crippen LogP contribution is 2.25. The van der Waals surface area contributed by atoms with E-state index in [1.54, 1.807) is 18.2 Å². The van der Waals surface area contributed by atoms with E-state index in [4.69, 9.17) is 17.3 Å². The average Bonchev–Trinajstić information content (AvgIpc) is 2.81. The quantitative estimate of drug-likeness (QED) is 0.686. The summed E-state index contributed by atoms with van der Waals surface area (Å²) in [6.45, 7) is 6.31. The van der Waals surface area contributed by atoms with Crippen LogP contribution in [0.1, 0.15) is 41.8 Å². The second-order valence-corrected chi connectivity index (χ2v) is 7.06. The molecule has 0 unspecified atom stereocenters. The Kier molecular flexibility index (Phi) is 4.16. The number of rotatable bonds is 3. The summed E-state index contributed by atoms with van der Waals surface area (Å²) in [5.41, 5.74) is 7.70. The first kappa shape index (κ1) is 15.0. The number of aromatic nitrogens is 1. The molecule has 0 aliphatic rings. The number of ketones is 1. The molecule has 0 radical (unpaired) electrons. The number of Topliss-reactive ketones (excluding diaryl/α,β-unsaturated/α-hetero) is 1. The van der Waals surface area contributed by atoms with Crippen LogP contribution in [-0.4, -0.2) is 10.8 Å². The van der Waals surface area contributed by atoms with Crippen LogP contribution in [0.25, 0.3) is 0 Å². The van der Waals surface area contributed by atoms with Gasteiger partial charge in [-0.3, -0.25) is 4.79 Å².